The van der Waals surface area contributed by atoms with Crippen molar-refractivity contribution in [2.24, 2.45) is 0 Å². The summed E-state index contributed by atoms with van der Waals surface area (Å²) in [5.41, 5.74) is 2.49. The van der Waals surface area contributed by atoms with Gasteiger partial charge in [0.05, 0.1) is 12.6 Å². The maximum atomic E-state index is 5.56. The molecule has 0 aliphatic heterocycles. The number of nitrogens with one attached hydrogen (secondary N) is 1. The summed E-state index contributed by atoms with van der Waals surface area (Å²) in [6, 6.07) is 24.9. The zero-order valence-electron chi connectivity index (χ0n) is 11.5. The first kappa shape index (κ1) is 14.1. The quantitative estimate of drug-likeness (QED) is 0.712. The van der Waals surface area contributed by atoms with Gasteiger partial charge in [-0.15, -0.1) is 0 Å². The molecule has 1 N–H and O–H groups in total. The number of halogens is 1. The largest absolute Gasteiger partial charge is 0.453 e. The molecule has 0 unspecified atom stereocenters. The number of hydrogen-bond acceptors (Lipinski definition) is 2. The Morgan fingerprint density at radius 2 is 1.38 bits per heavy atom. The molecule has 0 amide bonds. The van der Waals surface area contributed by atoms with Crippen molar-refractivity contribution in [2.45, 2.75) is 12.6 Å². The minimum atomic E-state index is 0.149. The van der Waals surface area contributed by atoms with Crippen LogP contribution in [-0.2, 0) is 6.54 Å². The predicted octanol–water partition coefficient (Wildman–Crippen LogP) is 4.92. The fourth-order valence-corrected chi connectivity index (χ4v) is 2.71. The maximum absolute atomic E-state index is 5.56. The summed E-state index contributed by atoms with van der Waals surface area (Å²) in [4.78, 5) is 0. The molecule has 0 spiro atoms. The lowest BCUT2D eigenvalue weighted by Gasteiger charge is -2.19. The fraction of sp³-hybridized carbons (Fsp3) is 0.111. The maximum Gasteiger partial charge on any atom is 0.169 e. The van der Waals surface area contributed by atoms with E-state index in [0.717, 1.165) is 10.4 Å². The van der Waals surface area contributed by atoms with Crippen molar-refractivity contribution in [3.8, 4) is 0 Å². The minimum absolute atomic E-state index is 0.149. The standard InChI is InChI=1S/C18H16BrNO/c19-17-12-11-16(21-17)13-20-18(14-7-3-1-4-8-14)15-9-5-2-6-10-15/h1-12,18,20H,13H2. The highest BCUT2D eigenvalue weighted by molar-refractivity contribution is 9.10. The Hall–Kier alpha value is -1.84. The zero-order valence-corrected chi connectivity index (χ0v) is 13.1. The molecule has 2 aromatic carbocycles. The first-order valence-corrected chi connectivity index (χ1v) is 7.70. The number of hydrogen-bond donors (Lipinski definition) is 1. The Balaban J connectivity index is 1.83. The predicted molar refractivity (Wildman–Crippen MR) is 88.0 cm³/mol. The van der Waals surface area contributed by atoms with Crippen LogP contribution in [0.2, 0.25) is 0 Å². The summed E-state index contributed by atoms with van der Waals surface area (Å²) >= 11 is 3.33. The molecule has 0 saturated carbocycles. The molecule has 0 aliphatic rings. The second-order valence-corrected chi connectivity index (χ2v) is 5.62. The van der Waals surface area contributed by atoms with E-state index < -0.39 is 0 Å². The van der Waals surface area contributed by atoms with E-state index in [4.69, 9.17) is 4.42 Å². The van der Waals surface area contributed by atoms with Crippen LogP contribution in [0.5, 0.6) is 0 Å². The number of benzene rings is 2. The molecule has 0 radical (unpaired) electrons. The molecule has 1 heterocycles. The second-order valence-electron chi connectivity index (χ2n) is 4.84. The van der Waals surface area contributed by atoms with Gasteiger partial charge in [0.25, 0.3) is 0 Å². The molecule has 106 valence electrons. The molecule has 3 aromatic rings. The average molecular weight is 342 g/mol. The van der Waals surface area contributed by atoms with Gasteiger partial charge >= 0.3 is 0 Å². The van der Waals surface area contributed by atoms with Gasteiger partial charge in [-0.25, -0.2) is 0 Å². The molecule has 0 atom stereocenters. The molecule has 0 fully saturated rings. The lowest BCUT2D eigenvalue weighted by Crippen LogP contribution is -2.21. The summed E-state index contributed by atoms with van der Waals surface area (Å²) in [5.74, 6) is 0.915. The van der Waals surface area contributed by atoms with Gasteiger partial charge in [-0.05, 0) is 39.2 Å². The van der Waals surface area contributed by atoms with Gasteiger partial charge < -0.3 is 4.42 Å². The van der Waals surface area contributed by atoms with Gasteiger partial charge in [0, 0.05) is 0 Å². The van der Waals surface area contributed by atoms with Crippen molar-refractivity contribution in [3.63, 3.8) is 0 Å². The van der Waals surface area contributed by atoms with Crippen LogP contribution >= 0.6 is 15.9 Å². The van der Waals surface area contributed by atoms with E-state index in [-0.39, 0.29) is 6.04 Å². The van der Waals surface area contributed by atoms with Crippen LogP contribution in [0.3, 0.4) is 0 Å². The summed E-state index contributed by atoms with van der Waals surface area (Å²) in [6.07, 6.45) is 0. The van der Waals surface area contributed by atoms with E-state index in [1.165, 1.54) is 11.1 Å². The second kappa shape index (κ2) is 6.74. The van der Waals surface area contributed by atoms with E-state index in [0.29, 0.717) is 6.54 Å². The summed E-state index contributed by atoms with van der Waals surface area (Å²) in [7, 11) is 0. The van der Waals surface area contributed by atoms with Crippen LogP contribution in [0.1, 0.15) is 22.9 Å². The van der Waals surface area contributed by atoms with Crippen molar-refractivity contribution >= 4 is 15.9 Å². The van der Waals surface area contributed by atoms with Gasteiger partial charge in [-0.1, -0.05) is 60.7 Å². The van der Waals surface area contributed by atoms with Crippen LogP contribution in [0.15, 0.2) is 81.9 Å². The molecule has 21 heavy (non-hydrogen) atoms. The molecule has 0 saturated heterocycles. The third-order valence-electron chi connectivity index (χ3n) is 3.38. The van der Waals surface area contributed by atoms with Crippen molar-refractivity contribution < 1.29 is 4.42 Å². The average Bonchev–Trinajstić information content (AvgIpc) is 2.95. The van der Waals surface area contributed by atoms with Crippen LogP contribution in [0, 0.1) is 0 Å². The normalized spacial score (nSPS) is 11.0. The third-order valence-corrected chi connectivity index (χ3v) is 3.80. The van der Waals surface area contributed by atoms with E-state index in [1.807, 2.05) is 24.3 Å². The van der Waals surface area contributed by atoms with Gasteiger partial charge in [-0.2, -0.15) is 0 Å². The van der Waals surface area contributed by atoms with Crippen LogP contribution < -0.4 is 5.32 Å². The van der Waals surface area contributed by atoms with Gasteiger partial charge in [0.15, 0.2) is 4.67 Å². The molecule has 3 rings (SSSR count). The van der Waals surface area contributed by atoms with E-state index in [1.54, 1.807) is 0 Å². The Kier molecular flexibility index (Phi) is 4.53. The van der Waals surface area contributed by atoms with Crippen molar-refractivity contribution in [1.82, 2.24) is 5.32 Å². The first-order valence-electron chi connectivity index (χ1n) is 6.90. The minimum Gasteiger partial charge on any atom is -0.453 e. The molecular formula is C18H16BrNO. The molecule has 3 heteroatoms. The van der Waals surface area contributed by atoms with Gasteiger partial charge in [-0.3, -0.25) is 5.32 Å². The Labute approximate surface area is 132 Å². The van der Waals surface area contributed by atoms with E-state index in [2.05, 4.69) is 69.8 Å². The third kappa shape index (κ3) is 3.63. The Bertz CT molecular complexity index is 639. The molecular weight excluding hydrogens is 326 g/mol. The molecule has 2 nitrogen and oxygen atoms in total. The monoisotopic (exact) mass is 341 g/mol. The first-order chi connectivity index (χ1) is 10.3. The van der Waals surface area contributed by atoms with Crippen LogP contribution in [-0.4, -0.2) is 0 Å². The topological polar surface area (TPSA) is 25.2 Å². The molecule has 1 aromatic heterocycles. The van der Waals surface area contributed by atoms with E-state index in [9.17, 15) is 0 Å². The van der Waals surface area contributed by atoms with Gasteiger partial charge in [0.2, 0.25) is 0 Å². The van der Waals surface area contributed by atoms with Crippen LogP contribution in [0.4, 0.5) is 0 Å². The van der Waals surface area contributed by atoms with Crippen molar-refractivity contribution in [2.75, 3.05) is 0 Å². The van der Waals surface area contributed by atoms with Crippen molar-refractivity contribution in [3.05, 3.63) is 94.4 Å². The lowest BCUT2D eigenvalue weighted by molar-refractivity contribution is 0.453. The smallest absolute Gasteiger partial charge is 0.169 e. The molecule has 0 bridgehead atoms. The lowest BCUT2D eigenvalue weighted by atomic mass is 9.99. The SMILES string of the molecule is Brc1ccc(CNC(c2ccccc2)c2ccccc2)o1. The molecule has 0 aliphatic carbocycles. The Morgan fingerprint density at radius 3 is 1.86 bits per heavy atom. The van der Waals surface area contributed by atoms with Crippen molar-refractivity contribution in [1.29, 1.82) is 0 Å². The van der Waals surface area contributed by atoms with Gasteiger partial charge in [0.1, 0.15) is 5.76 Å². The highest BCUT2D eigenvalue weighted by Gasteiger charge is 2.13. The summed E-state index contributed by atoms with van der Waals surface area (Å²) < 4.78 is 6.32. The van der Waals surface area contributed by atoms with E-state index >= 15 is 0 Å². The highest BCUT2D eigenvalue weighted by Crippen LogP contribution is 2.23. The highest BCUT2D eigenvalue weighted by atomic mass is 79.9. The van der Waals surface area contributed by atoms with Crippen LogP contribution in [0.25, 0.3) is 0 Å². The number of furan rings is 1. The number of rotatable bonds is 5. The summed E-state index contributed by atoms with van der Waals surface area (Å²) in [6.45, 7) is 0.681. The fourth-order valence-electron chi connectivity index (χ4n) is 2.37. The zero-order chi connectivity index (χ0) is 14.5. The Morgan fingerprint density at radius 1 is 0.810 bits per heavy atom. The summed E-state index contributed by atoms with van der Waals surface area (Å²) in [5, 5.41) is 3.57.